The summed E-state index contributed by atoms with van der Waals surface area (Å²) in [7, 11) is 0. The first-order valence-corrected chi connectivity index (χ1v) is 6.52. The van der Waals surface area contributed by atoms with E-state index >= 15 is 0 Å². The molecule has 8 heteroatoms. The summed E-state index contributed by atoms with van der Waals surface area (Å²) < 4.78 is 41.8. The average molecular weight is 280 g/mol. The van der Waals surface area contributed by atoms with Crippen molar-refractivity contribution in [1.29, 1.82) is 0 Å². The third-order valence-electron chi connectivity index (χ3n) is 1.76. The molecule has 0 aliphatic rings. The van der Waals surface area contributed by atoms with E-state index < -0.39 is 11.2 Å². The maximum atomic E-state index is 12.2. The van der Waals surface area contributed by atoms with Crippen LogP contribution < -0.4 is 0 Å². The van der Waals surface area contributed by atoms with Gasteiger partial charge < -0.3 is 4.42 Å². The minimum Gasteiger partial charge on any atom is -0.468 e. The van der Waals surface area contributed by atoms with Gasteiger partial charge in [-0.05, 0) is 12.1 Å². The maximum absolute atomic E-state index is 12.2. The predicted molar refractivity (Wildman–Crippen MR) is 58.6 cm³/mol. The van der Waals surface area contributed by atoms with Gasteiger partial charge in [0.2, 0.25) is 5.01 Å². The Morgan fingerprint density at radius 2 is 2.12 bits per heavy atom. The molecule has 0 saturated carbocycles. The van der Waals surface area contributed by atoms with E-state index in [4.69, 9.17) is 4.42 Å². The Morgan fingerprint density at radius 1 is 1.29 bits per heavy atom. The molecule has 0 aromatic carbocycles. The summed E-state index contributed by atoms with van der Waals surface area (Å²) in [6, 6.07) is 3.58. The lowest BCUT2D eigenvalue weighted by Gasteiger charge is -1.97. The summed E-state index contributed by atoms with van der Waals surface area (Å²) in [5.74, 6) is 1.79. The van der Waals surface area contributed by atoms with Gasteiger partial charge in [0, 0.05) is 5.75 Å². The number of aromatic nitrogens is 2. The van der Waals surface area contributed by atoms with Crippen LogP contribution in [0, 0.1) is 0 Å². The Labute approximate surface area is 103 Å². The van der Waals surface area contributed by atoms with E-state index in [2.05, 4.69) is 10.2 Å². The zero-order chi connectivity index (χ0) is 12.3. The summed E-state index contributed by atoms with van der Waals surface area (Å²) in [5.41, 5.74) is 0. The second-order valence-electron chi connectivity index (χ2n) is 3.07. The molecule has 2 heterocycles. The highest BCUT2D eigenvalue weighted by Gasteiger charge is 2.35. The predicted octanol–water partition coefficient (Wildman–Crippen LogP) is 3.58. The molecule has 0 unspecified atom stereocenters. The normalized spacial score (nSPS) is 11.9. The van der Waals surface area contributed by atoms with Gasteiger partial charge in [-0.25, -0.2) is 0 Å². The smallest absolute Gasteiger partial charge is 0.445 e. The quantitative estimate of drug-likeness (QED) is 0.858. The van der Waals surface area contributed by atoms with Crippen LogP contribution in [-0.2, 0) is 17.7 Å². The van der Waals surface area contributed by atoms with Crippen LogP contribution in [0.1, 0.15) is 15.8 Å². The van der Waals surface area contributed by atoms with E-state index in [-0.39, 0.29) is 0 Å². The molecule has 0 aliphatic heterocycles. The fourth-order valence-corrected chi connectivity index (χ4v) is 2.75. The van der Waals surface area contributed by atoms with E-state index in [1.807, 2.05) is 6.07 Å². The Hall–Kier alpha value is -1.02. The van der Waals surface area contributed by atoms with Crippen molar-refractivity contribution in [3.63, 3.8) is 0 Å². The van der Waals surface area contributed by atoms with Crippen LogP contribution in [0.25, 0.3) is 0 Å². The molecule has 2 aromatic heterocycles. The van der Waals surface area contributed by atoms with Crippen molar-refractivity contribution in [1.82, 2.24) is 10.2 Å². The lowest BCUT2D eigenvalue weighted by molar-refractivity contribution is -0.138. The molecule has 2 rings (SSSR count). The molecule has 3 nitrogen and oxygen atoms in total. The fraction of sp³-hybridized carbons (Fsp3) is 0.333. The number of furan rings is 1. The van der Waals surface area contributed by atoms with Gasteiger partial charge in [0.25, 0.3) is 0 Å². The summed E-state index contributed by atoms with van der Waals surface area (Å²) in [4.78, 5) is 0. The number of alkyl halides is 3. The lowest BCUT2D eigenvalue weighted by atomic mass is 10.5. The van der Waals surface area contributed by atoms with Crippen molar-refractivity contribution in [2.75, 3.05) is 0 Å². The maximum Gasteiger partial charge on any atom is 0.445 e. The van der Waals surface area contributed by atoms with Crippen LogP contribution in [0.2, 0.25) is 0 Å². The van der Waals surface area contributed by atoms with Gasteiger partial charge in [0.1, 0.15) is 10.8 Å². The third-order valence-corrected chi connectivity index (χ3v) is 3.88. The molecular formula is C9H7F3N2OS2. The minimum atomic E-state index is -4.40. The van der Waals surface area contributed by atoms with E-state index in [0.717, 1.165) is 5.76 Å². The Morgan fingerprint density at radius 3 is 2.71 bits per heavy atom. The molecule has 92 valence electrons. The summed E-state index contributed by atoms with van der Waals surface area (Å²) >= 11 is 2.01. The first-order chi connectivity index (χ1) is 8.05. The van der Waals surface area contributed by atoms with Gasteiger partial charge in [0.15, 0.2) is 0 Å². The van der Waals surface area contributed by atoms with Crippen LogP contribution in [0.4, 0.5) is 13.2 Å². The molecule has 0 atom stereocenters. The van der Waals surface area contributed by atoms with Gasteiger partial charge >= 0.3 is 6.18 Å². The van der Waals surface area contributed by atoms with Crippen molar-refractivity contribution in [2.24, 2.45) is 0 Å². The second kappa shape index (κ2) is 5.09. The van der Waals surface area contributed by atoms with Crippen molar-refractivity contribution in [3.8, 4) is 0 Å². The standard InChI is InChI=1S/C9H7F3N2OS2/c10-9(11,12)8-14-13-7(17-8)5-16-4-6-2-1-3-15-6/h1-3H,4-5H2. The lowest BCUT2D eigenvalue weighted by Crippen LogP contribution is -2.03. The Kier molecular flexibility index (Phi) is 3.72. The first-order valence-electron chi connectivity index (χ1n) is 4.55. The largest absolute Gasteiger partial charge is 0.468 e. The monoisotopic (exact) mass is 280 g/mol. The van der Waals surface area contributed by atoms with E-state index in [1.165, 1.54) is 11.8 Å². The van der Waals surface area contributed by atoms with Gasteiger partial charge in [-0.2, -0.15) is 13.2 Å². The molecule has 0 fully saturated rings. The molecule has 0 radical (unpaired) electrons. The molecule has 2 aromatic rings. The van der Waals surface area contributed by atoms with Crippen molar-refractivity contribution in [3.05, 3.63) is 34.2 Å². The molecule has 17 heavy (non-hydrogen) atoms. The number of nitrogens with zero attached hydrogens (tertiary/aromatic N) is 2. The highest BCUT2D eigenvalue weighted by molar-refractivity contribution is 7.97. The third kappa shape index (κ3) is 3.47. The van der Waals surface area contributed by atoms with Crippen LogP contribution >= 0.6 is 23.1 Å². The van der Waals surface area contributed by atoms with Crippen molar-refractivity contribution >= 4 is 23.1 Å². The SMILES string of the molecule is FC(F)(F)c1nnc(CSCc2ccco2)s1. The van der Waals surface area contributed by atoms with Crippen molar-refractivity contribution in [2.45, 2.75) is 17.7 Å². The van der Waals surface area contributed by atoms with Crippen LogP contribution in [0.5, 0.6) is 0 Å². The molecular weight excluding hydrogens is 273 g/mol. The minimum absolute atomic E-state index is 0.369. The van der Waals surface area contributed by atoms with Gasteiger partial charge in [0.05, 0.1) is 12.0 Å². The van der Waals surface area contributed by atoms with Crippen molar-refractivity contribution < 1.29 is 17.6 Å². The van der Waals surface area contributed by atoms with Gasteiger partial charge in [-0.1, -0.05) is 11.3 Å². The molecule has 0 saturated heterocycles. The average Bonchev–Trinajstić information content (AvgIpc) is 2.86. The Bertz CT molecular complexity index is 467. The summed E-state index contributed by atoms with van der Waals surface area (Å²) in [6.45, 7) is 0. The Balaban J connectivity index is 1.85. The fourth-order valence-electron chi connectivity index (χ4n) is 1.06. The van der Waals surface area contributed by atoms with Gasteiger partial charge in [-0.15, -0.1) is 22.0 Å². The molecule has 0 spiro atoms. The van der Waals surface area contributed by atoms with Crippen LogP contribution in [0.3, 0.4) is 0 Å². The summed E-state index contributed by atoms with van der Waals surface area (Å²) in [5, 5.41) is 6.08. The van der Waals surface area contributed by atoms with E-state index in [0.29, 0.717) is 27.9 Å². The topological polar surface area (TPSA) is 38.9 Å². The van der Waals surface area contributed by atoms with Crippen LogP contribution in [0.15, 0.2) is 22.8 Å². The number of hydrogen-bond donors (Lipinski definition) is 0. The highest BCUT2D eigenvalue weighted by atomic mass is 32.2. The highest BCUT2D eigenvalue weighted by Crippen LogP contribution is 2.32. The number of thioether (sulfide) groups is 1. The second-order valence-corrected chi connectivity index (χ2v) is 5.12. The number of rotatable bonds is 4. The zero-order valence-corrected chi connectivity index (χ0v) is 10.0. The van der Waals surface area contributed by atoms with E-state index in [1.54, 1.807) is 12.3 Å². The van der Waals surface area contributed by atoms with Crippen LogP contribution in [-0.4, -0.2) is 10.2 Å². The zero-order valence-electron chi connectivity index (χ0n) is 8.40. The van der Waals surface area contributed by atoms with Gasteiger partial charge in [-0.3, -0.25) is 0 Å². The van der Waals surface area contributed by atoms with E-state index in [9.17, 15) is 13.2 Å². The first kappa shape index (κ1) is 12.4. The molecule has 0 N–H and O–H groups in total. The summed E-state index contributed by atoms with van der Waals surface area (Å²) in [6.07, 6.45) is -2.84. The molecule has 0 amide bonds. The number of halogens is 3. The molecule has 0 aliphatic carbocycles. The number of hydrogen-bond acceptors (Lipinski definition) is 5. The molecule has 0 bridgehead atoms.